The van der Waals surface area contributed by atoms with Crippen molar-refractivity contribution in [1.29, 1.82) is 0 Å². The molecule has 0 saturated heterocycles. The predicted octanol–water partition coefficient (Wildman–Crippen LogP) is 6.46. The number of rotatable bonds is 16. The van der Waals surface area contributed by atoms with Gasteiger partial charge in [0.05, 0.1) is 38.3 Å². The van der Waals surface area contributed by atoms with Crippen molar-refractivity contribution in [2.24, 2.45) is 10.2 Å². The smallest absolute Gasteiger partial charge is 0.259 e. The van der Waals surface area contributed by atoms with Crippen LogP contribution in [0.5, 0.6) is 17.2 Å². The van der Waals surface area contributed by atoms with E-state index in [4.69, 9.17) is 9.47 Å². The van der Waals surface area contributed by atoms with Gasteiger partial charge in [0.1, 0.15) is 23.1 Å². The number of anilines is 3. The van der Waals surface area contributed by atoms with E-state index in [9.17, 15) is 14.4 Å². The van der Waals surface area contributed by atoms with E-state index in [2.05, 4.69) is 47.0 Å². The van der Waals surface area contributed by atoms with E-state index in [1.807, 2.05) is 0 Å². The Labute approximate surface area is 326 Å². The molecule has 15 heteroatoms. The first-order valence-electron chi connectivity index (χ1n) is 17.4. The number of nitrogens with one attached hydrogen (secondary N) is 5. The van der Waals surface area contributed by atoms with Gasteiger partial charge in [0.25, 0.3) is 17.7 Å². The highest BCUT2D eigenvalue weighted by molar-refractivity contribution is 6.04. The minimum Gasteiger partial charge on any atom is -0.496 e. The summed E-state index contributed by atoms with van der Waals surface area (Å²) < 4.78 is 27.1. The van der Waals surface area contributed by atoms with E-state index in [1.54, 1.807) is 122 Å². The number of benzene rings is 4. The molecule has 0 aliphatic heterocycles. The van der Waals surface area contributed by atoms with Gasteiger partial charge in [0, 0.05) is 53.4 Å². The van der Waals surface area contributed by atoms with E-state index in [1.165, 1.54) is 31.7 Å². The third-order valence-corrected chi connectivity index (χ3v) is 8.04. The average Bonchev–Trinajstić information content (AvgIpc) is 3.24. The van der Waals surface area contributed by atoms with Crippen LogP contribution in [0.1, 0.15) is 21.5 Å². The molecule has 6 aromatic rings. The van der Waals surface area contributed by atoms with Crippen LogP contribution in [-0.4, -0.2) is 60.3 Å². The van der Waals surface area contributed by atoms with Crippen LogP contribution in [-0.2, 0) is 9.59 Å². The predicted molar refractivity (Wildman–Crippen MR) is 216 cm³/mol. The molecule has 6 rings (SSSR count). The highest BCUT2D eigenvalue weighted by Crippen LogP contribution is 2.36. The van der Waals surface area contributed by atoms with Crippen molar-refractivity contribution < 1.29 is 28.2 Å². The van der Waals surface area contributed by atoms with E-state index < -0.39 is 11.7 Å². The summed E-state index contributed by atoms with van der Waals surface area (Å²) in [7, 11) is 1.51. The summed E-state index contributed by atoms with van der Waals surface area (Å²) >= 11 is 0. The molecule has 5 N–H and O–H groups in total. The van der Waals surface area contributed by atoms with Crippen LogP contribution >= 0.6 is 0 Å². The third kappa shape index (κ3) is 11.5. The molecule has 14 nitrogen and oxygen atoms in total. The van der Waals surface area contributed by atoms with Crippen molar-refractivity contribution in [3.8, 4) is 28.4 Å². The van der Waals surface area contributed by atoms with E-state index in [0.717, 1.165) is 11.1 Å². The van der Waals surface area contributed by atoms with Crippen LogP contribution in [0.2, 0.25) is 0 Å². The third-order valence-electron chi connectivity index (χ3n) is 8.04. The lowest BCUT2D eigenvalue weighted by molar-refractivity contribution is -0.120. The number of hydrogen-bond donors (Lipinski definition) is 5. The quantitative estimate of drug-likeness (QED) is 0.0546. The van der Waals surface area contributed by atoms with Crippen LogP contribution in [0.4, 0.5) is 21.5 Å². The first kappa shape index (κ1) is 38.8. The molecule has 2 heterocycles. The zero-order chi connectivity index (χ0) is 39.8. The Morgan fingerprint density at radius 1 is 0.684 bits per heavy atom. The zero-order valence-corrected chi connectivity index (χ0v) is 30.5. The van der Waals surface area contributed by atoms with Crippen molar-refractivity contribution in [2.45, 2.75) is 0 Å². The van der Waals surface area contributed by atoms with Crippen molar-refractivity contribution in [1.82, 2.24) is 20.8 Å². The molecule has 0 unspecified atom stereocenters. The molecule has 0 fully saturated rings. The zero-order valence-electron chi connectivity index (χ0n) is 30.5. The standard InChI is InChI=1S/C42H36FN9O5/c1-56-39-12-10-35(57-34-4-2-3-33(22-34)47-27-41(54)52-49-25-29-15-19-45-20-16-29)23-36(39)31-7-11-38(37(43)21-31)50-42(55)30-5-8-32(9-6-30)46-26-40(53)51-48-24-28-13-17-44-18-14-28/h2-25,46-47H,26-27H2,1H3,(H,50,55)(H,51,53)(H,52,54)/b48-24+,49-25+. The van der Waals surface area contributed by atoms with Gasteiger partial charge in [-0.15, -0.1) is 0 Å². The van der Waals surface area contributed by atoms with Gasteiger partial charge in [-0.2, -0.15) is 10.2 Å². The van der Waals surface area contributed by atoms with E-state index in [-0.39, 0.29) is 36.2 Å². The summed E-state index contributed by atoms with van der Waals surface area (Å²) in [5.41, 5.74) is 9.06. The SMILES string of the molecule is COc1ccc(Oc2cccc(NCC(=O)N/N=C/c3ccncc3)c2)cc1-c1ccc(NC(=O)c2ccc(NCC(=O)N/N=C/c3ccncc3)cc2)c(F)c1. The second kappa shape index (κ2) is 19.4. The molecule has 4 aromatic carbocycles. The fourth-order valence-electron chi connectivity index (χ4n) is 5.20. The van der Waals surface area contributed by atoms with Gasteiger partial charge < -0.3 is 25.4 Å². The molecule has 0 saturated carbocycles. The fourth-order valence-corrected chi connectivity index (χ4v) is 5.20. The average molecular weight is 766 g/mol. The first-order valence-corrected chi connectivity index (χ1v) is 17.4. The maximum Gasteiger partial charge on any atom is 0.259 e. The van der Waals surface area contributed by atoms with Crippen LogP contribution in [0, 0.1) is 5.82 Å². The van der Waals surface area contributed by atoms with Gasteiger partial charge in [-0.25, -0.2) is 15.2 Å². The number of amides is 3. The number of pyridine rings is 2. The molecule has 2 aromatic heterocycles. The Morgan fingerprint density at radius 2 is 1.30 bits per heavy atom. The number of nitrogens with zero attached hydrogens (tertiary/aromatic N) is 4. The lowest BCUT2D eigenvalue weighted by Crippen LogP contribution is -2.25. The Morgan fingerprint density at radius 3 is 1.91 bits per heavy atom. The number of hydrazone groups is 2. The van der Waals surface area contributed by atoms with E-state index >= 15 is 4.39 Å². The van der Waals surface area contributed by atoms with Gasteiger partial charge in [-0.05, 0) is 108 Å². The van der Waals surface area contributed by atoms with Gasteiger partial charge in [0.2, 0.25) is 0 Å². The van der Waals surface area contributed by atoms with Gasteiger partial charge in [0.15, 0.2) is 0 Å². The highest BCUT2D eigenvalue weighted by Gasteiger charge is 2.14. The number of halogens is 1. The topological polar surface area (TPSA) is 180 Å². The molecule has 0 aliphatic carbocycles. The monoisotopic (exact) mass is 765 g/mol. The summed E-state index contributed by atoms with van der Waals surface area (Å²) in [6.07, 6.45) is 9.53. The Kier molecular flexibility index (Phi) is 13.2. The number of ether oxygens (including phenoxy) is 2. The highest BCUT2D eigenvalue weighted by atomic mass is 19.1. The maximum atomic E-state index is 15.4. The second-order valence-electron chi connectivity index (χ2n) is 12.1. The Bertz CT molecular complexity index is 2380. The van der Waals surface area contributed by atoms with Crippen molar-refractivity contribution >= 4 is 47.2 Å². The van der Waals surface area contributed by atoms with Gasteiger partial charge in [-0.3, -0.25) is 24.4 Å². The first-order chi connectivity index (χ1) is 27.8. The van der Waals surface area contributed by atoms with Gasteiger partial charge >= 0.3 is 0 Å². The van der Waals surface area contributed by atoms with Gasteiger partial charge in [-0.1, -0.05) is 12.1 Å². The number of hydrogen-bond acceptors (Lipinski definition) is 11. The minimum absolute atomic E-state index is 0.0140. The summed E-state index contributed by atoms with van der Waals surface area (Å²) in [6.45, 7) is -0.0723. The summed E-state index contributed by atoms with van der Waals surface area (Å²) in [4.78, 5) is 45.3. The summed E-state index contributed by atoms with van der Waals surface area (Å²) in [6, 6.07) is 30.1. The lowest BCUT2D eigenvalue weighted by atomic mass is 10.0. The Balaban J connectivity index is 1.02. The number of carbonyl (C=O) groups is 3. The molecule has 0 bridgehead atoms. The van der Waals surface area contributed by atoms with Crippen LogP contribution in [0.15, 0.2) is 144 Å². The van der Waals surface area contributed by atoms with Crippen molar-refractivity contribution in [3.63, 3.8) is 0 Å². The van der Waals surface area contributed by atoms with E-state index in [0.29, 0.717) is 39.8 Å². The molecular weight excluding hydrogens is 730 g/mol. The molecule has 286 valence electrons. The molecule has 0 radical (unpaired) electrons. The largest absolute Gasteiger partial charge is 0.496 e. The fraction of sp³-hybridized carbons (Fsp3) is 0.0714. The molecule has 0 atom stereocenters. The minimum atomic E-state index is -0.656. The van der Waals surface area contributed by atoms with Crippen LogP contribution in [0.3, 0.4) is 0 Å². The van der Waals surface area contributed by atoms with Crippen LogP contribution in [0.25, 0.3) is 11.1 Å². The van der Waals surface area contributed by atoms with Crippen molar-refractivity contribution in [3.05, 3.63) is 156 Å². The number of carbonyl (C=O) groups excluding carboxylic acids is 3. The lowest BCUT2D eigenvalue weighted by Gasteiger charge is -2.14. The molecular formula is C42H36FN9O5. The molecule has 57 heavy (non-hydrogen) atoms. The molecule has 0 spiro atoms. The normalized spacial score (nSPS) is 10.8. The Hall–Kier alpha value is -7.94. The second-order valence-corrected chi connectivity index (χ2v) is 12.1. The summed E-state index contributed by atoms with van der Waals surface area (Å²) in [5, 5.41) is 16.5. The molecule has 3 amide bonds. The maximum absolute atomic E-state index is 15.4. The number of aromatic nitrogens is 2. The number of methoxy groups -OCH3 is 1. The van der Waals surface area contributed by atoms with Crippen LogP contribution < -0.4 is 36.3 Å². The molecule has 0 aliphatic rings. The van der Waals surface area contributed by atoms with Crippen molar-refractivity contribution in [2.75, 3.05) is 36.1 Å². The summed E-state index contributed by atoms with van der Waals surface area (Å²) in [5.74, 6) is -0.440.